The SMILES string of the molecule is CC[S][Sn]([S]CC)([S]CC)[c]1cc2ccccc2cc1C(C)N. The van der Waals surface area contributed by atoms with E-state index in [1.807, 2.05) is 0 Å². The first-order valence-electron chi connectivity index (χ1n) is 8.28. The fraction of sp³-hybridized carbons (Fsp3) is 0.444. The molecule has 0 saturated heterocycles. The Morgan fingerprint density at radius 1 is 0.913 bits per heavy atom. The average molecular weight is 472 g/mol. The van der Waals surface area contributed by atoms with Gasteiger partial charge in [-0.15, -0.1) is 0 Å². The minimum absolute atomic E-state index is 0.0954. The van der Waals surface area contributed by atoms with Crippen LogP contribution >= 0.6 is 26.8 Å². The second kappa shape index (κ2) is 9.27. The molecule has 0 heterocycles. The molecule has 0 radical (unpaired) electrons. The molecule has 1 unspecified atom stereocenters. The summed E-state index contributed by atoms with van der Waals surface area (Å²) in [6.45, 7) is 9.04. The summed E-state index contributed by atoms with van der Waals surface area (Å²) in [5.41, 5.74) is 7.77. The van der Waals surface area contributed by atoms with Crippen LogP contribution in [0.3, 0.4) is 0 Å². The average Bonchev–Trinajstić information content (AvgIpc) is 2.54. The summed E-state index contributed by atoms with van der Waals surface area (Å²) in [7, 11) is 6.74. The number of hydrogen-bond acceptors (Lipinski definition) is 4. The predicted octanol–water partition coefficient (Wildman–Crippen LogP) is 5.26. The van der Waals surface area contributed by atoms with Gasteiger partial charge in [-0.3, -0.25) is 0 Å². The first-order chi connectivity index (χ1) is 11.1. The number of fused-ring (bicyclic) bond motifs is 1. The van der Waals surface area contributed by atoms with Gasteiger partial charge in [0, 0.05) is 0 Å². The molecule has 2 aromatic rings. The summed E-state index contributed by atoms with van der Waals surface area (Å²) >= 11 is -2.63. The molecule has 0 aromatic heterocycles. The quantitative estimate of drug-likeness (QED) is 0.530. The number of benzene rings is 2. The molecule has 23 heavy (non-hydrogen) atoms. The third kappa shape index (κ3) is 4.57. The van der Waals surface area contributed by atoms with Crippen molar-refractivity contribution in [1.82, 2.24) is 0 Å². The van der Waals surface area contributed by atoms with Crippen molar-refractivity contribution in [2.45, 2.75) is 33.7 Å². The first kappa shape index (κ1) is 19.8. The van der Waals surface area contributed by atoms with Crippen molar-refractivity contribution in [3.05, 3.63) is 42.0 Å². The van der Waals surface area contributed by atoms with Crippen molar-refractivity contribution in [3.8, 4) is 0 Å². The summed E-state index contributed by atoms with van der Waals surface area (Å²) in [4.78, 5) is 0. The van der Waals surface area contributed by atoms with Gasteiger partial charge in [-0.25, -0.2) is 0 Å². The van der Waals surface area contributed by atoms with Crippen LogP contribution in [0.5, 0.6) is 0 Å². The van der Waals surface area contributed by atoms with Crippen molar-refractivity contribution >= 4 is 55.4 Å². The summed E-state index contributed by atoms with van der Waals surface area (Å²) in [6.07, 6.45) is 0. The molecule has 1 atom stereocenters. The summed E-state index contributed by atoms with van der Waals surface area (Å²) < 4.78 is 1.61. The Bertz CT molecular complexity index is 628. The van der Waals surface area contributed by atoms with E-state index in [0.717, 1.165) is 0 Å². The predicted molar refractivity (Wildman–Crippen MR) is 116 cm³/mol. The van der Waals surface area contributed by atoms with Crippen LogP contribution in [0.25, 0.3) is 10.8 Å². The molecule has 0 bridgehead atoms. The van der Waals surface area contributed by atoms with Crippen LogP contribution < -0.4 is 9.31 Å². The van der Waals surface area contributed by atoms with E-state index >= 15 is 0 Å². The Morgan fingerprint density at radius 2 is 1.39 bits per heavy atom. The molecule has 0 aliphatic rings. The van der Waals surface area contributed by atoms with E-state index in [9.17, 15) is 0 Å². The van der Waals surface area contributed by atoms with Gasteiger partial charge >= 0.3 is 154 Å². The molecule has 5 heteroatoms. The molecule has 2 rings (SSSR count). The number of rotatable bonds is 8. The fourth-order valence-corrected chi connectivity index (χ4v) is 46.2. The van der Waals surface area contributed by atoms with Gasteiger partial charge in [0.2, 0.25) is 0 Å². The van der Waals surface area contributed by atoms with Gasteiger partial charge in [0.05, 0.1) is 0 Å². The van der Waals surface area contributed by atoms with Gasteiger partial charge in [0.25, 0.3) is 0 Å². The van der Waals surface area contributed by atoms with E-state index in [1.54, 1.807) is 3.58 Å². The van der Waals surface area contributed by atoms with Gasteiger partial charge in [-0.1, -0.05) is 0 Å². The molecule has 0 spiro atoms. The molecule has 0 saturated carbocycles. The number of nitrogens with two attached hydrogens (primary N) is 1. The van der Waals surface area contributed by atoms with Crippen molar-refractivity contribution in [2.75, 3.05) is 17.3 Å². The molecule has 0 amide bonds. The summed E-state index contributed by atoms with van der Waals surface area (Å²) in [5, 5.41) is 2.67. The van der Waals surface area contributed by atoms with Gasteiger partial charge < -0.3 is 0 Å². The molecule has 0 aliphatic heterocycles. The third-order valence-corrected chi connectivity index (χ3v) is 44.7. The van der Waals surface area contributed by atoms with Crippen LogP contribution in [0.2, 0.25) is 0 Å². The maximum absolute atomic E-state index is 6.40. The van der Waals surface area contributed by atoms with Gasteiger partial charge in [0.15, 0.2) is 0 Å². The molecule has 2 aromatic carbocycles. The van der Waals surface area contributed by atoms with Crippen LogP contribution in [0.15, 0.2) is 36.4 Å². The molecule has 0 fully saturated rings. The van der Waals surface area contributed by atoms with E-state index in [-0.39, 0.29) is 6.04 Å². The van der Waals surface area contributed by atoms with E-state index in [1.165, 1.54) is 33.6 Å². The van der Waals surface area contributed by atoms with Crippen LogP contribution in [0.1, 0.15) is 39.3 Å². The van der Waals surface area contributed by atoms with E-state index in [0.29, 0.717) is 0 Å². The standard InChI is InChI=1S/C12H12N.3C2H6S.Sn/c1-9(13)11-7-6-10-4-2-3-5-12(10)8-11;3*1-2-3;/h2-6,8-9H,13H2,1H3;3*3H,2H2,1H3;/q;;;;+3/p-3. The maximum atomic E-state index is 6.40. The van der Waals surface area contributed by atoms with Crippen molar-refractivity contribution in [1.29, 1.82) is 0 Å². The Labute approximate surface area is 153 Å². The van der Waals surface area contributed by atoms with Crippen LogP contribution in [0, 0.1) is 0 Å². The third-order valence-electron chi connectivity index (χ3n) is 3.74. The monoisotopic (exact) mass is 473 g/mol. The Morgan fingerprint density at radius 3 is 1.83 bits per heavy atom. The van der Waals surface area contributed by atoms with Crippen LogP contribution in [-0.2, 0) is 0 Å². The van der Waals surface area contributed by atoms with Crippen molar-refractivity contribution < 1.29 is 0 Å². The zero-order valence-corrected chi connectivity index (χ0v) is 19.8. The minimum atomic E-state index is -2.63. The summed E-state index contributed by atoms with van der Waals surface area (Å²) in [5.74, 6) is 3.59. The molecular formula is C18H27NS3Sn. The Balaban J connectivity index is 2.70. The first-order valence-corrected chi connectivity index (χ1v) is 23.2. The molecule has 126 valence electrons. The summed E-state index contributed by atoms with van der Waals surface area (Å²) in [6, 6.07) is 13.6. The van der Waals surface area contributed by atoms with Crippen LogP contribution in [0.4, 0.5) is 0 Å². The van der Waals surface area contributed by atoms with E-state index < -0.39 is 14.2 Å². The molecule has 0 aliphatic carbocycles. The van der Waals surface area contributed by atoms with E-state index in [4.69, 9.17) is 5.73 Å². The molecule has 1 nitrogen and oxygen atoms in total. The normalized spacial score (nSPS) is 13.4. The number of hydrogen-bond donors (Lipinski definition) is 1. The van der Waals surface area contributed by atoms with Crippen molar-refractivity contribution in [2.24, 2.45) is 5.73 Å². The molecular weight excluding hydrogens is 445 g/mol. The fourth-order valence-electron chi connectivity index (χ4n) is 2.83. The van der Waals surface area contributed by atoms with E-state index in [2.05, 4.69) is 90.9 Å². The topological polar surface area (TPSA) is 26.0 Å². The van der Waals surface area contributed by atoms with Crippen LogP contribution in [-0.4, -0.2) is 31.5 Å². The second-order valence-corrected chi connectivity index (χ2v) is 37.7. The Kier molecular flexibility index (Phi) is 8.00. The van der Waals surface area contributed by atoms with Gasteiger partial charge in [0.1, 0.15) is 0 Å². The van der Waals surface area contributed by atoms with Gasteiger partial charge in [-0.2, -0.15) is 0 Å². The second-order valence-electron chi connectivity index (χ2n) is 5.43. The zero-order chi connectivity index (χ0) is 16.9. The molecule has 2 N–H and O–H groups in total. The zero-order valence-electron chi connectivity index (χ0n) is 14.5. The van der Waals surface area contributed by atoms with Crippen molar-refractivity contribution in [3.63, 3.8) is 0 Å². The van der Waals surface area contributed by atoms with Gasteiger partial charge in [-0.05, 0) is 0 Å². The Hall–Kier alpha value is 0.509.